The number of piperidine rings is 1. The first-order valence-electron chi connectivity index (χ1n) is 9.31. The summed E-state index contributed by atoms with van der Waals surface area (Å²) >= 11 is 0. The normalized spacial score (nSPS) is 19.4. The standard InChI is InChI=1S/C21H19F4N3O/c22-13-3-1-12(2-4-13)10-28-11-14(19-15(23)5-6-16(24)20(19)28)21(29)27-18-7-8-26-9-17(18)25/h1-6,11,17-18,26H,7-10H2,(H,27,29). The third-order valence-corrected chi connectivity index (χ3v) is 5.15. The summed E-state index contributed by atoms with van der Waals surface area (Å²) < 4.78 is 57.7. The fraction of sp³-hybridized carbons (Fsp3) is 0.286. The molecular formula is C21H19F4N3O. The Bertz CT molecular complexity index is 1050. The number of hydrogen-bond acceptors (Lipinski definition) is 2. The predicted molar refractivity (Wildman–Crippen MR) is 101 cm³/mol. The highest BCUT2D eigenvalue weighted by Gasteiger charge is 2.28. The van der Waals surface area contributed by atoms with Crippen molar-refractivity contribution in [3.8, 4) is 0 Å². The highest BCUT2D eigenvalue weighted by molar-refractivity contribution is 6.07. The number of carbonyl (C=O) groups excluding carboxylic acids is 1. The van der Waals surface area contributed by atoms with E-state index in [0.717, 1.165) is 12.1 Å². The van der Waals surface area contributed by atoms with Gasteiger partial charge in [0, 0.05) is 19.3 Å². The maximum absolute atomic E-state index is 14.6. The Kier molecular flexibility index (Phi) is 5.27. The second-order valence-corrected chi connectivity index (χ2v) is 7.14. The molecule has 3 aromatic rings. The van der Waals surface area contributed by atoms with Crippen LogP contribution in [0.3, 0.4) is 0 Å². The molecule has 0 saturated carbocycles. The van der Waals surface area contributed by atoms with E-state index in [4.69, 9.17) is 0 Å². The molecule has 1 aliphatic heterocycles. The predicted octanol–water partition coefficient (Wildman–Crippen LogP) is 3.54. The molecule has 1 fully saturated rings. The lowest BCUT2D eigenvalue weighted by atomic mass is 10.0. The van der Waals surface area contributed by atoms with Crippen LogP contribution in [0.2, 0.25) is 0 Å². The van der Waals surface area contributed by atoms with E-state index in [1.54, 1.807) is 0 Å². The molecule has 1 amide bonds. The van der Waals surface area contributed by atoms with Gasteiger partial charge in [0.2, 0.25) is 0 Å². The van der Waals surface area contributed by atoms with Crippen molar-refractivity contribution in [1.29, 1.82) is 0 Å². The van der Waals surface area contributed by atoms with Gasteiger partial charge in [-0.1, -0.05) is 12.1 Å². The Hall–Kier alpha value is -2.87. The van der Waals surface area contributed by atoms with Crippen molar-refractivity contribution in [2.75, 3.05) is 13.1 Å². The van der Waals surface area contributed by atoms with Crippen molar-refractivity contribution in [1.82, 2.24) is 15.2 Å². The number of hydrogen-bond donors (Lipinski definition) is 2. The molecule has 1 saturated heterocycles. The highest BCUT2D eigenvalue weighted by Crippen LogP contribution is 2.28. The van der Waals surface area contributed by atoms with Gasteiger partial charge < -0.3 is 15.2 Å². The molecule has 152 valence electrons. The van der Waals surface area contributed by atoms with Gasteiger partial charge >= 0.3 is 0 Å². The van der Waals surface area contributed by atoms with E-state index in [1.165, 1.54) is 35.0 Å². The van der Waals surface area contributed by atoms with Gasteiger partial charge in [-0.15, -0.1) is 0 Å². The van der Waals surface area contributed by atoms with Crippen LogP contribution in [0.5, 0.6) is 0 Å². The Morgan fingerprint density at radius 1 is 1.10 bits per heavy atom. The number of nitrogens with one attached hydrogen (secondary N) is 2. The van der Waals surface area contributed by atoms with E-state index in [-0.39, 0.29) is 29.6 Å². The number of benzene rings is 2. The minimum absolute atomic E-state index is 0.0650. The number of amides is 1. The van der Waals surface area contributed by atoms with Gasteiger partial charge in [0.1, 0.15) is 23.6 Å². The number of alkyl halides is 1. The fourth-order valence-electron chi connectivity index (χ4n) is 3.68. The van der Waals surface area contributed by atoms with Crippen molar-refractivity contribution in [3.63, 3.8) is 0 Å². The second kappa shape index (κ2) is 7.87. The molecule has 1 aliphatic rings. The summed E-state index contributed by atoms with van der Waals surface area (Å²) in [7, 11) is 0. The number of carbonyl (C=O) groups is 1. The molecule has 1 aromatic heterocycles. The minimum Gasteiger partial charge on any atom is -0.346 e. The van der Waals surface area contributed by atoms with E-state index in [0.29, 0.717) is 18.5 Å². The third-order valence-electron chi connectivity index (χ3n) is 5.15. The number of nitrogens with zero attached hydrogens (tertiary/aromatic N) is 1. The molecule has 2 heterocycles. The highest BCUT2D eigenvalue weighted by atomic mass is 19.1. The number of fused-ring (bicyclic) bond motifs is 1. The molecule has 0 radical (unpaired) electrons. The van der Waals surface area contributed by atoms with Crippen LogP contribution in [-0.2, 0) is 6.54 Å². The maximum atomic E-state index is 14.6. The van der Waals surface area contributed by atoms with Gasteiger partial charge in [-0.25, -0.2) is 17.6 Å². The SMILES string of the molecule is O=C(NC1CCNCC1F)c1cn(Cc2ccc(F)cc2)c2c(F)ccc(F)c12. The van der Waals surface area contributed by atoms with Crippen LogP contribution < -0.4 is 10.6 Å². The molecule has 4 rings (SSSR count). The molecule has 2 unspecified atom stereocenters. The smallest absolute Gasteiger partial charge is 0.253 e. The Labute approximate surface area is 164 Å². The van der Waals surface area contributed by atoms with E-state index in [2.05, 4.69) is 10.6 Å². The number of aromatic nitrogens is 1. The molecule has 4 nitrogen and oxygen atoms in total. The van der Waals surface area contributed by atoms with E-state index in [9.17, 15) is 22.4 Å². The Balaban J connectivity index is 1.72. The quantitative estimate of drug-likeness (QED) is 0.653. The minimum atomic E-state index is -1.26. The van der Waals surface area contributed by atoms with Crippen LogP contribution in [0.1, 0.15) is 22.3 Å². The van der Waals surface area contributed by atoms with Crippen molar-refractivity contribution < 1.29 is 22.4 Å². The average molecular weight is 405 g/mol. The van der Waals surface area contributed by atoms with Gasteiger partial charge in [-0.3, -0.25) is 4.79 Å². The van der Waals surface area contributed by atoms with Gasteiger partial charge in [-0.2, -0.15) is 0 Å². The van der Waals surface area contributed by atoms with E-state index in [1.807, 2.05) is 0 Å². The zero-order chi connectivity index (χ0) is 20.5. The van der Waals surface area contributed by atoms with Gasteiger partial charge in [0.15, 0.2) is 0 Å². The Morgan fingerprint density at radius 3 is 2.55 bits per heavy atom. The van der Waals surface area contributed by atoms with Crippen LogP contribution in [0.15, 0.2) is 42.6 Å². The zero-order valence-corrected chi connectivity index (χ0v) is 15.4. The summed E-state index contributed by atoms with van der Waals surface area (Å²) in [5, 5.41) is 5.34. The van der Waals surface area contributed by atoms with Crippen molar-refractivity contribution in [2.24, 2.45) is 0 Å². The van der Waals surface area contributed by atoms with Gasteiger partial charge in [-0.05, 0) is 42.8 Å². The van der Waals surface area contributed by atoms with Crippen LogP contribution in [-0.4, -0.2) is 35.8 Å². The number of halogens is 4. The average Bonchev–Trinajstić information content (AvgIpc) is 3.09. The molecule has 0 aliphatic carbocycles. The largest absolute Gasteiger partial charge is 0.346 e. The fourth-order valence-corrected chi connectivity index (χ4v) is 3.68. The van der Waals surface area contributed by atoms with Crippen molar-refractivity contribution >= 4 is 16.8 Å². The molecule has 0 bridgehead atoms. The number of rotatable bonds is 4. The first kappa shape index (κ1) is 19.4. The van der Waals surface area contributed by atoms with Crippen LogP contribution in [0.25, 0.3) is 10.9 Å². The van der Waals surface area contributed by atoms with Crippen molar-refractivity contribution in [3.05, 3.63) is 71.2 Å². The first-order chi connectivity index (χ1) is 13.9. The molecular weight excluding hydrogens is 386 g/mol. The monoisotopic (exact) mass is 405 g/mol. The second-order valence-electron chi connectivity index (χ2n) is 7.14. The lowest BCUT2D eigenvalue weighted by molar-refractivity contribution is 0.0893. The van der Waals surface area contributed by atoms with Crippen LogP contribution in [0, 0.1) is 17.5 Å². The maximum Gasteiger partial charge on any atom is 0.253 e. The van der Waals surface area contributed by atoms with E-state index >= 15 is 0 Å². The van der Waals surface area contributed by atoms with E-state index < -0.39 is 35.6 Å². The third kappa shape index (κ3) is 3.85. The molecule has 29 heavy (non-hydrogen) atoms. The molecule has 2 atom stereocenters. The summed E-state index contributed by atoms with van der Waals surface area (Å²) in [6.45, 7) is 0.796. The van der Waals surface area contributed by atoms with Crippen LogP contribution in [0.4, 0.5) is 17.6 Å². The Morgan fingerprint density at radius 2 is 1.83 bits per heavy atom. The van der Waals surface area contributed by atoms with Gasteiger partial charge in [0.25, 0.3) is 5.91 Å². The van der Waals surface area contributed by atoms with Crippen LogP contribution >= 0.6 is 0 Å². The summed E-state index contributed by atoms with van der Waals surface area (Å²) in [5.41, 5.74) is 0.521. The van der Waals surface area contributed by atoms with Crippen molar-refractivity contribution in [2.45, 2.75) is 25.2 Å². The lowest BCUT2D eigenvalue weighted by Crippen LogP contribution is -2.50. The van der Waals surface area contributed by atoms with Gasteiger partial charge in [0.05, 0.1) is 22.5 Å². The summed E-state index contributed by atoms with van der Waals surface area (Å²) in [4.78, 5) is 12.8. The summed E-state index contributed by atoms with van der Waals surface area (Å²) in [5.74, 6) is -2.50. The first-order valence-corrected chi connectivity index (χ1v) is 9.31. The molecule has 0 spiro atoms. The molecule has 2 N–H and O–H groups in total. The topological polar surface area (TPSA) is 46.1 Å². The summed E-state index contributed by atoms with van der Waals surface area (Å²) in [6.07, 6.45) is 0.490. The zero-order valence-electron chi connectivity index (χ0n) is 15.4. The molecule has 8 heteroatoms. The molecule has 2 aromatic carbocycles. The summed E-state index contributed by atoms with van der Waals surface area (Å²) in [6, 6.07) is 6.84. The lowest BCUT2D eigenvalue weighted by Gasteiger charge is -2.27.